The Kier molecular flexibility index (Phi) is 5.56. The van der Waals surface area contributed by atoms with E-state index < -0.39 is 0 Å². The molecule has 0 radical (unpaired) electrons. The Balaban J connectivity index is 1.90. The van der Waals surface area contributed by atoms with Gasteiger partial charge in [-0.3, -0.25) is 9.59 Å². The number of anilines is 1. The molecule has 2 amide bonds. The highest BCUT2D eigenvalue weighted by Gasteiger charge is 2.12. The van der Waals surface area contributed by atoms with Gasteiger partial charge in [0.25, 0.3) is 5.91 Å². The normalized spacial score (nSPS) is 9.96. The van der Waals surface area contributed by atoms with E-state index in [1.807, 2.05) is 13.0 Å². The largest absolute Gasteiger partial charge is 0.342 e. The topological polar surface area (TPSA) is 58.2 Å². The number of nitrogens with one attached hydrogen (secondary N) is 2. The molecule has 0 atom stereocenters. The average molecular weight is 326 g/mol. The Labute approximate surface area is 139 Å². The van der Waals surface area contributed by atoms with Gasteiger partial charge < -0.3 is 10.6 Å². The standard InChI is InChI=1S/C18H18N2O2S/c1-4-13-7-6-8-14(10-13)20-17(21)11-19-18(22)16-9-12(3)15(5-2)23-16/h1,6-10H,5,11H2,2-3H3,(H,19,22)(H,20,21). The zero-order valence-electron chi connectivity index (χ0n) is 13.1. The lowest BCUT2D eigenvalue weighted by Crippen LogP contribution is -2.32. The molecule has 23 heavy (non-hydrogen) atoms. The molecule has 2 aromatic rings. The number of amides is 2. The molecular weight excluding hydrogens is 308 g/mol. The Morgan fingerprint density at radius 2 is 2.09 bits per heavy atom. The number of rotatable bonds is 5. The highest BCUT2D eigenvalue weighted by molar-refractivity contribution is 7.14. The van der Waals surface area contributed by atoms with Gasteiger partial charge in [-0.15, -0.1) is 17.8 Å². The Bertz CT molecular complexity index is 772. The number of benzene rings is 1. The lowest BCUT2D eigenvalue weighted by atomic mass is 10.2. The van der Waals surface area contributed by atoms with Crippen molar-refractivity contribution in [1.82, 2.24) is 5.32 Å². The summed E-state index contributed by atoms with van der Waals surface area (Å²) >= 11 is 1.46. The second-order valence-electron chi connectivity index (χ2n) is 5.03. The van der Waals surface area contributed by atoms with Gasteiger partial charge in [0.2, 0.25) is 5.91 Å². The van der Waals surface area contributed by atoms with Gasteiger partial charge >= 0.3 is 0 Å². The summed E-state index contributed by atoms with van der Waals surface area (Å²) in [6.07, 6.45) is 6.22. The van der Waals surface area contributed by atoms with E-state index in [2.05, 4.69) is 23.5 Å². The van der Waals surface area contributed by atoms with Crippen LogP contribution >= 0.6 is 11.3 Å². The van der Waals surface area contributed by atoms with Crippen LogP contribution in [0.25, 0.3) is 0 Å². The van der Waals surface area contributed by atoms with Gasteiger partial charge in [-0.25, -0.2) is 0 Å². The quantitative estimate of drug-likeness (QED) is 0.830. The maximum atomic E-state index is 12.1. The summed E-state index contributed by atoms with van der Waals surface area (Å²) in [7, 11) is 0. The molecular formula is C18H18N2O2S. The highest BCUT2D eigenvalue weighted by atomic mass is 32.1. The summed E-state index contributed by atoms with van der Waals surface area (Å²) in [5, 5.41) is 5.34. The first-order valence-electron chi connectivity index (χ1n) is 7.27. The molecule has 2 rings (SSSR count). The number of terminal acetylenes is 1. The van der Waals surface area contributed by atoms with Crippen LogP contribution < -0.4 is 10.6 Å². The van der Waals surface area contributed by atoms with Gasteiger partial charge in [0, 0.05) is 16.1 Å². The van der Waals surface area contributed by atoms with Gasteiger partial charge in [0.1, 0.15) is 0 Å². The van der Waals surface area contributed by atoms with E-state index in [9.17, 15) is 9.59 Å². The van der Waals surface area contributed by atoms with Gasteiger partial charge in [0.15, 0.2) is 0 Å². The fourth-order valence-corrected chi connectivity index (χ4v) is 3.15. The molecule has 118 valence electrons. The van der Waals surface area contributed by atoms with Crippen molar-refractivity contribution >= 4 is 28.8 Å². The monoisotopic (exact) mass is 326 g/mol. The minimum atomic E-state index is -0.295. The average Bonchev–Trinajstić information content (AvgIpc) is 2.93. The number of carbonyl (C=O) groups is 2. The van der Waals surface area contributed by atoms with Crippen LogP contribution in [0.5, 0.6) is 0 Å². The van der Waals surface area contributed by atoms with E-state index in [0.29, 0.717) is 16.1 Å². The third-order valence-corrected chi connectivity index (χ3v) is 4.67. The van der Waals surface area contributed by atoms with E-state index in [1.165, 1.54) is 16.2 Å². The Morgan fingerprint density at radius 1 is 1.30 bits per heavy atom. The number of hydrogen-bond acceptors (Lipinski definition) is 3. The van der Waals surface area contributed by atoms with Crippen molar-refractivity contribution in [3.8, 4) is 12.3 Å². The summed E-state index contributed by atoms with van der Waals surface area (Å²) in [6, 6.07) is 8.85. The molecule has 0 bridgehead atoms. The minimum absolute atomic E-state index is 0.0858. The first-order chi connectivity index (χ1) is 11.0. The molecule has 0 fully saturated rings. The number of thiophene rings is 1. The molecule has 0 aliphatic heterocycles. The van der Waals surface area contributed by atoms with Crippen LogP contribution in [0.15, 0.2) is 30.3 Å². The first-order valence-corrected chi connectivity index (χ1v) is 8.09. The van der Waals surface area contributed by atoms with Crippen LogP contribution in [-0.4, -0.2) is 18.4 Å². The lowest BCUT2D eigenvalue weighted by molar-refractivity contribution is -0.115. The van der Waals surface area contributed by atoms with Crippen molar-refractivity contribution < 1.29 is 9.59 Å². The molecule has 1 aromatic carbocycles. The molecule has 4 nitrogen and oxygen atoms in total. The van der Waals surface area contributed by atoms with Gasteiger partial charge in [-0.05, 0) is 43.2 Å². The zero-order valence-corrected chi connectivity index (χ0v) is 13.9. The van der Waals surface area contributed by atoms with Crippen molar-refractivity contribution in [2.75, 3.05) is 11.9 Å². The first kappa shape index (κ1) is 16.8. The molecule has 0 spiro atoms. The second kappa shape index (κ2) is 7.61. The number of hydrogen-bond donors (Lipinski definition) is 2. The summed E-state index contributed by atoms with van der Waals surface area (Å²) in [4.78, 5) is 25.8. The SMILES string of the molecule is C#Cc1cccc(NC(=O)CNC(=O)c2cc(C)c(CC)s2)c1. The van der Waals surface area contributed by atoms with Gasteiger partial charge in [-0.2, -0.15) is 0 Å². The van der Waals surface area contributed by atoms with E-state index in [0.717, 1.165) is 12.0 Å². The smallest absolute Gasteiger partial charge is 0.261 e. The molecule has 0 saturated heterocycles. The van der Waals surface area contributed by atoms with Crippen molar-refractivity contribution in [2.45, 2.75) is 20.3 Å². The molecule has 0 aliphatic rings. The second-order valence-corrected chi connectivity index (χ2v) is 6.16. The summed E-state index contributed by atoms with van der Waals surface area (Å²) < 4.78 is 0. The molecule has 0 unspecified atom stereocenters. The van der Waals surface area contributed by atoms with Gasteiger partial charge in [-0.1, -0.05) is 18.9 Å². The summed E-state index contributed by atoms with van der Waals surface area (Å²) in [6.45, 7) is 3.95. The van der Waals surface area contributed by atoms with Crippen molar-refractivity contribution in [1.29, 1.82) is 0 Å². The molecule has 1 aromatic heterocycles. The summed E-state index contributed by atoms with van der Waals surface area (Å²) in [5.74, 6) is 1.98. The van der Waals surface area contributed by atoms with Crippen LogP contribution in [0, 0.1) is 19.3 Å². The summed E-state index contributed by atoms with van der Waals surface area (Å²) in [5.41, 5.74) is 2.41. The molecule has 0 aliphatic carbocycles. The van der Waals surface area contributed by atoms with Crippen LogP contribution in [0.4, 0.5) is 5.69 Å². The lowest BCUT2D eigenvalue weighted by Gasteiger charge is -2.06. The maximum absolute atomic E-state index is 12.1. The van der Waals surface area contributed by atoms with Crippen LogP contribution in [-0.2, 0) is 11.2 Å². The fourth-order valence-electron chi connectivity index (χ4n) is 2.12. The van der Waals surface area contributed by atoms with Gasteiger partial charge in [0.05, 0.1) is 11.4 Å². The molecule has 5 heteroatoms. The minimum Gasteiger partial charge on any atom is -0.342 e. The number of carbonyl (C=O) groups excluding carboxylic acids is 2. The van der Waals surface area contributed by atoms with Crippen molar-refractivity contribution in [3.05, 3.63) is 51.2 Å². The maximum Gasteiger partial charge on any atom is 0.261 e. The van der Waals surface area contributed by atoms with Crippen molar-refractivity contribution in [3.63, 3.8) is 0 Å². The van der Waals surface area contributed by atoms with Crippen LogP contribution in [0.1, 0.15) is 32.6 Å². The Hall–Kier alpha value is -2.58. The molecule has 0 saturated carbocycles. The van der Waals surface area contributed by atoms with Crippen molar-refractivity contribution in [2.24, 2.45) is 0 Å². The predicted molar refractivity (Wildman–Crippen MR) is 93.8 cm³/mol. The molecule has 2 N–H and O–H groups in total. The van der Waals surface area contributed by atoms with E-state index >= 15 is 0 Å². The van der Waals surface area contributed by atoms with E-state index in [4.69, 9.17) is 6.42 Å². The zero-order chi connectivity index (χ0) is 16.8. The third-order valence-electron chi connectivity index (χ3n) is 3.29. The molecule has 1 heterocycles. The fraction of sp³-hybridized carbons (Fsp3) is 0.222. The Morgan fingerprint density at radius 3 is 2.74 bits per heavy atom. The third kappa shape index (κ3) is 4.44. The van der Waals surface area contributed by atoms with Crippen LogP contribution in [0.3, 0.4) is 0 Å². The predicted octanol–water partition coefficient (Wildman–Crippen LogP) is 2.97. The number of aryl methyl sites for hydroxylation is 2. The van der Waals surface area contributed by atoms with E-state index in [1.54, 1.807) is 24.3 Å². The highest BCUT2D eigenvalue weighted by Crippen LogP contribution is 2.22. The van der Waals surface area contributed by atoms with Crippen LogP contribution in [0.2, 0.25) is 0 Å². The van der Waals surface area contributed by atoms with E-state index in [-0.39, 0.29) is 18.4 Å².